The van der Waals surface area contributed by atoms with E-state index in [0.29, 0.717) is 10.8 Å². The van der Waals surface area contributed by atoms with Crippen molar-refractivity contribution in [2.24, 2.45) is 0 Å². The van der Waals surface area contributed by atoms with Crippen LogP contribution in [0.1, 0.15) is 18.1 Å². The molecule has 0 fully saturated rings. The molecular formula is C18H18N6O3S. The van der Waals surface area contributed by atoms with Gasteiger partial charge in [-0.2, -0.15) is 4.68 Å². The van der Waals surface area contributed by atoms with Crippen molar-refractivity contribution in [2.45, 2.75) is 31.2 Å². The van der Waals surface area contributed by atoms with Crippen molar-refractivity contribution in [2.75, 3.05) is 5.32 Å². The summed E-state index contributed by atoms with van der Waals surface area (Å²) in [5.41, 5.74) is 3.55. The number of nitrogens with zero attached hydrogens (tertiary/aromatic N) is 5. The number of amides is 1. The number of hydrogen-bond acceptors (Lipinski definition) is 7. The van der Waals surface area contributed by atoms with Crippen molar-refractivity contribution in [3.63, 3.8) is 0 Å². The molecule has 0 aliphatic rings. The van der Waals surface area contributed by atoms with Gasteiger partial charge in [0.15, 0.2) is 0 Å². The molecule has 0 aliphatic heterocycles. The molecule has 1 unspecified atom stereocenters. The maximum absolute atomic E-state index is 12.5. The molecule has 2 aromatic carbocycles. The van der Waals surface area contributed by atoms with Gasteiger partial charge >= 0.3 is 0 Å². The Morgan fingerprint density at radius 3 is 2.54 bits per heavy atom. The minimum Gasteiger partial charge on any atom is -0.325 e. The highest BCUT2D eigenvalue weighted by Crippen LogP contribution is 2.25. The summed E-state index contributed by atoms with van der Waals surface area (Å²) >= 11 is 1.22. The van der Waals surface area contributed by atoms with E-state index in [1.807, 2.05) is 32.0 Å². The standard InChI is InChI=1S/C18H18N6O3S/c1-11-4-7-16(10-12(11)2)23-18(20-21-22-23)28-13(3)17(25)19-14-5-8-15(9-6-14)24(26)27/h4-10,13H,1-3H3,(H,19,25). The number of carbonyl (C=O) groups is 1. The Kier molecular flexibility index (Phi) is 5.69. The summed E-state index contributed by atoms with van der Waals surface area (Å²) in [4.78, 5) is 22.7. The number of nitro benzene ring substituents is 1. The molecule has 0 saturated heterocycles. The number of aryl methyl sites for hydroxylation is 2. The van der Waals surface area contributed by atoms with Gasteiger partial charge in [0.1, 0.15) is 0 Å². The topological polar surface area (TPSA) is 116 Å². The molecule has 10 heteroatoms. The number of non-ortho nitro benzene ring substituents is 1. The molecule has 0 aliphatic carbocycles. The molecule has 3 rings (SSSR count). The van der Waals surface area contributed by atoms with Gasteiger partial charge in [0.25, 0.3) is 5.69 Å². The molecule has 1 amide bonds. The number of nitro groups is 1. The summed E-state index contributed by atoms with van der Waals surface area (Å²) in [6, 6.07) is 11.6. The van der Waals surface area contributed by atoms with Crippen molar-refractivity contribution in [1.82, 2.24) is 20.2 Å². The van der Waals surface area contributed by atoms with Crippen molar-refractivity contribution in [3.8, 4) is 5.69 Å². The Balaban J connectivity index is 1.70. The molecular weight excluding hydrogens is 380 g/mol. The first-order chi connectivity index (χ1) is 13.3. The van der Waals surface area contributed by atoms with Crippen LogP contribution >= 0.6 is 11.8 Å². The lowest BCUT2D eigenvalue weighted by atomic mass is 10.1. The predicted octanol–water partition coefficient (Wildman–Crippen LogP) is 3.31. The lowest BCUT2D eigenvalue weighted by Crippen LogP contribution is -2.22. The maximum atomic E-state index is 12.5. The lowest BCUT2D eigenvalue weighted by Gasteiger charge is -2.12. The highest BCUT2D eigenvalue weighted by molar-refractivity contribution is 8.00. The van der Waals surface area contributed by atoms with Crippen LogP contribution in [0.15, 0.2) is 47.6 Å². The SMILES string of the molecule is Cc1ccc(-n2nnnc2SC(C)C(=O)Nc2ccc([N+](=O)[O-])cc2)cc1C. The quantitative estimate of drug-likeness (QED) is 0.385. The third-order valence-corrected chi connectivity index (χ3v) is 5.21. The van der Waals surface area contributed by atoms with Gasteiger partial charge in [0, 0.05) is 17.8 Å². The number of carbonyl (C=O) groups excluding carboxylic acids is 1. The van der Waals surface area contributed by atoms with Gasteiger partial charge in [-0.05, 0) is 66.6 Å². The molecule has 144 valence electrons. The second kappa shape index (κ2) is 8.17. The first kappa shape index (κ1) is 19.5. The summed E-state index contributed by atoms with van der Waals surface area (Å²) in [5, 5.41) is 25.2. The zero-order valence-corrected chi connectivity index (χ0v) is 16.3. The average molecular weight is 398 g/mol. The van der Waals surface area contributed by atoms with Crippen LogP contribution in [-0.2, 0) is 4.79 Å². The summed E-state index contributed by atoms with van der Waals surface area (Å²) in [5.74, 6) is -0.256. The summed E-state index contributed by atoms with van der Waals surface area (Å²) < 4.78 is 1.59. The Labute approximate surface area is 165 Å². The molecule has 0 spiro atoms. The van der Waals surface area contributed by atoms with E-state index in [4.69, 9.17) is 0 Å². The predicted molar refractivity (Wildman–Crippen MR) is 106 cm³/mol. The number of thioether (sulfide) groups is 1. The molecule has 1 aromatic heterocycles. The molecule has 28 heavy (non-hydrogen) atoms. The van der Waals surface area contributed by atoms with Crippen LogP contribution < -0.4 is 5.32 Å². The van der Waals surface area contributed by atoms with E-state index in [0.717, 1.165) is 11.3 Å². The number of aromatic nitrogens is 4. The molecule has 3 aromatic rings. The minimum atomic E-state index is -0.489. The first-order valence-corrected chi connectivity index (χ1v) is 9.31. The Bertz CT molecular complexity index is 1020. The Morgan fingerprint density at radius 1 is 1.18 bits per heavy atom. The van der Waals surface area contributed by atoms with Crippen molar-refractivity contribution in [3.05, 3.63) is 63.7 Å². The third kappa shape index (κ3) is 4.34. The number of benzene rings is 2. The fourth-order valence-corrected chi connectivity index (χ4v) is 3.20. The minimum absolute atomic E-state index is 0.0343. The number of hydrogen-bond donors (Lipinski definition) is 1. The number of rotatable bonds is 6. The monoisotopic (exact) mass is 398 g/mol. The lowest BCUT2D eigenvalue weighted by molar-refractivity contribution is -0.384. The molecule has 0 radical (unpaired) electrons. The number of tetrazole rings is 1. The number of anilines is 1. The molecule has 0 bridgehead atoms. The van der Waals surface area contributed by atoms with E-state index in [-0.39, 0.29) is 11.6 Å². The average Bonchev–Trinajstić information content (AvgIpc) is 3.12. The van der Waals surface area contributed by atoms with Crippen molar-refractivity contribution >= 4 is 29.0 Å². The zero-order chi connectivity index (χ0) is 20.3. The largest absolute Gasteiger partial charge is 0.325 e. The maximum Gasteiger partial charge on any atom is 0.269 e. The Morgan fingerprint density at radius 2 is 1.89 bits per heavy atom. The van der Waals surface area contributed by atoms with Crippen LogP contribution in [0.2, 0.25) is 0 Å². The van der Waals surface area contributed by atoms with Gasteiger partial charge in [0.2, 0.25) is 11.1 Å². The van der Waals surface area contributed by atoms with Crippen molar-refractivity contribution < 1.29 is 9.72 Å². The van der Waals surface area contributed by atoms with E-state index in [1.54, 1.807) is 11.6 Å². The molecule has 1 N–H and O–H groups in total. The third-order valence-electron chi connectivity index (χ3n) is 4.17. The normalized spacial score (nSPS) is 11.8. The van der Waals surface area contributed by atoms with E-state index in [1.165, 1.54) is 41.6 Å². The van der Waals surface area contributed by atoms with Gasteiger partial charge in [-0.15, -0.1) is 5.10 Å². The smallest absolute Gasteiger partial charge is 0.269 e. The molecule has 0 saturated carbocycles. The second-order valence-corrected chi connectivity index (χ2v) is 7.50. The van der Waals surface area contributed by atoms with E-state index < -0.39 is 10.2 Å². The molecule has 1 atom stereocenters. The van der Waals surface area contributed by atoms with Crippen LogP contribution in [0.25, 0.3) is 5.69 Å². The molecule has 9 nitrogen and oxygen atoms in total. The highest BCUT2D eigenvalue weighted by atomic mass is 32.2. The summed E-state index contributed by atoms with van der Waals surface area (Å²) in [6.45, 7) is 5.78. The van der Waals surface area contributed by atoms with Gasteiger partial charge in [-0.25, -0.2) is 0 Å². The van der Waals surface area contributed by atoms with Gasteiger partial charge in [-0.3, -0.25) is 14.9 Å². The summed E-state index contributed by atoms with van der Waals surface area (Å²) in [6.07, 6.45) is 0. The molecule has 1 heterocycles. The summed E-state index contributed by atoms with van der Waals surface area (Å²) in [7, 11) is 0. The van der Waals surface area contributed by atoms with E-state index >= 15 is 0 Å². The van der Waals surface area contributed by atoms with Gasteiger partial charge in [0.05, 0.1) is 15.9 Å². The van der Waals surface area contributed by atoms with Crippen molar-refractivity contribution in [1.29, 1.82) is 0 Å². The van der Waals surface area contributed by atoms with Crippen LogP contribution in [0.4, 0.5) is 11.4 Å². The van der Waals surface area contributed by atoms with Crippen LogP contribution in [0, 0.1) is 24.0 Å². The fraction of sp³-hybridized carbons (Fsp3) is 0.222. The van der Waals surface area contributed by atoms with E-state index in [2.05, 4.69) is 20.8 Å². The van der Waals surface area contributed by atoms with Crippen LogP contribution in [-0.4, -0.2) is 36.3 Å². The zero-order valence-electron chi connectivity index (χ0n) is 15.5. The second-order valence-electron chi connectivity index (χ2n) is 6.20. The van der Waals surface area contributed by atoms with Crippen LogP contribution in [0.3, 0.4) is 0 Å². The van der Waals surface area contributed by atoms with Gasteiger partial charge < -0.3 is 5.32 Å². The van der Waals surface area contributed by atoms with Gasteiger partial charge in [-0.1, -0.05) is 17.8 Å². The first-order valence-electron chi connectivity index (χ1n) is 8.43. The Hall–Kier alpha value is -3.27. The highest BCUT2D eigenvalue weighted by Gasteiger charge is 2.20. The van der Waals surface area contributed by atoms with Crippen LogP contribution in [0.5, 0.6) is 0 Å². The number of nitrogens with one attached hydrogen (secondary N) is 1. The fourth-order valence-electron chi connectivity index (χ4n) is 2.39. The van der Waals surface area contributed by atoms with E-state index in [9.17, 15) is 14.9 Å².